The number of carbonyl (C=O) groups is 2. The molecule has 10 nitrogen and oxygen atoms in total. The van der Waals surface area contributed by atoms with Crippen LogP contribution in [-0.2, 0) is 29.6 Å². The highest BCUT2D eigenvalue weighted by Crippen LogP contribution is 2.33. The van der Waals surface area contributed by atoms with Crippen molar-refractivity contribution in [1.82, 2.24) is 24.9 Å². The van der Waals surface area contributed by atoms with Crippen LogP contribution in [0.4, 0.5) is 10.5 Å². The Hall–Kier alpha value is -3.17. The topological polar surface area (TPSA) is 114 Å². The number of nitrogens with zero attached hydrogens (tertiary/aromatic N) is 6. The molecule has 1 aliphatic heterocycles. The van der Waals surface area contributed by atoms with Crippen molar-refractivity contribution in [2.45, 2.75) is 53.1 Å². The number of aryl methyl sites for hydroxylation is 2. The maximum Gasteiger partial charge on any atom is 0.409 e. The number of anilines is 1. The van der Waals surface area contributed by atoms with E-state index >= 15 is 0 Å². The van der Waals surface area contributed by atoms with Gasteiger partial charge in [-0.1, -0.05) is 26.0 Å². The van der Waals surface area contributed by atoms with Gasteiger partial charge in [0.1, 0.15) is 18.0 Å². The van der Waals surface area contributed by atoms with Gasteiger partial charge in [-0.05, 0) is 43.7 Å². The second-order valence-corrected chi connectivity index (χ2v) is 8.85. The summed E-state index contributed by atoms with van der Waals surface area (Å²) < 4.78 is 7.07. The number of amides is 1. The van der Waals surface area contributed by atoms with Crippen molar-refractivity contribution < 1.29 is 19.4 Å². The molecule has 186 valence electrons. The molecule has 2 aromatic heterocycles. The first-order valence-electron chi connectivity index (χ1n) is 12.0. The third-order valence-corrected chi connectivity index (χ3v) is 6.57. The number of carboxylic acid groups (broad SMARTS) is 1. The van der Waals surface area contributed by atoms with Gasteiger partial charge in [-0.2, -0.15) is 0 Å². The van der Waals surface area contributed by atoms with Crippen molar-refractivity contribution in [3.63, 3.8) is 0 Å². The fourth-order valence-electron chi connectivity index (χ4n) is 4.62. The molecule has 34 heavy (non-hydrogen) atoms. The van der Waals surface area contributed by atoms with Crippen LogP contribution in [0.25, 0.3) is 11.4 Å². The number of carboxylic acids is 1. The van der Waals surface area contributed by atoms with Gasteiger partial charge in [-0.15, -0.1) is 5.10 Å². The normalized spacial score (nSPS) is 16.5. The average molecular weight is 473 g/mol. The lowest BCUT2D eigenvalue weighted by Gasteiger charge is -2.23. The molecule has 3 heterocycles. The minimum Gasteiger partial charge on any atom is -0.481 e. The average Bonchev–Trinajstić information content (AvgIpc) is 3.44. The predicted molar refractivity (Wildman–Crippen MR) is 128 cm³/mol. The second-order valence-electron chi connectivity index (χ2n) is 8.85. The van der Waals surface area contributed by atoms with Gasteiger partial charge < -0.3 is 19.6 Å². The zero-order valence-electron chi connectivity index (χ0n) is 20.8. The Kier molecular flexibility index (Phi) is 8.46. The Bertz CT molecular complexity index is 1010. The third-order valence-electron chi connectivity index (χ3n) is 6.57. The van der Waals surface area contributed by atoms with E-state index < -0.39 is 5.97 Å². The number of rotatable bonds is 10. The Labute approximate surface area is 200 Å². The number of carbonyl (C=O) groups excluding carboxylic acids is 1. The molecular formula is C24H36N6O4. The summed E-state index contributed by atoms with van der Waals surface area (Å²) in [4.78, 5) is 32.5. The Morgan fingerprint density at radius 1 is 1.29 bits per heavy atom. The quantitative estimate of drug-likeness (QED) is 0.560. The molecule has 10 heteroatoms. The van der Waals surface area contributed by atoms with Crippen LogP contribution in [-0.4, -0.2) is 68.7 Å². The summed E-state index contributed by atoms with van der Waals surface area (Å²) in [5.41, 5.74) is 3.90. The molecule has 0 radical (unpaired) electrons. The van der Waals surface area contributed by atoms with Crippen LogP contribution >= 0.6 is 0 Å². The van der Waals surface area contributed by atoms with Crippen molar-refractivity contribution in [2.75, 3.05) is 31.6 Å². The molecule has 0 saturated carbocycles. The minimum atomic E-state index is -0.713. The van der Waals surface area contributed by atoms with Gasteiger partial charge in [0.2, 0.25) is 0 Å². The zero-order chi connectivity index (χ0) is 24.8. The fourth-order valence-corrected chi connectivity index (χ4v) is 4.62. The van der Waals surface area contributed by atoms with Gasteiger partial charge in [-0.25, -0.2) is 14.5 Å². The van der Waals surface area contributed by atoms with Gasteiger partial charge in [0.05, 0.1) is 23.0 Å². The number of aliphatic carboxylic acids is 1. The molecular weight excluding hydrogens is 436 g/mol. The van der Waals surface area contributed by atoms with Crippen molar-refractivity contribution in [1.29, 1.82) is 0 Å². The lowest BCUT2D eigenvalue weighted by molar-refractivity contribution is -0.143. The van der Waals surface area contributed by atoms with E-state index in [4.69, 9.17) is 9.72 Å². The molecule has 2 aromatic rings. The van der Waals surface area contributed by atoms with Crippen LogP contribution in [0.3, 0.4) is 0 Å². The summed E-state index contributed by atoms with van der Waals surface area (Å²) in [5, 5.41) is 17.9. The first-order valence-corrected chi connectivity index (χ1v) is 12.0. The SMILES string of the molecule is CCCN(C)C(=O)OCc1c(-c2ccc(N3CC[C@@H]([C@H](CC)C(=O)O)C3)c(CC)n2)nnn1C. The summed E-state index contributed by atoms with van der Waals surface area (Å²) in [6.45, 7) is 8.21. The number of ether oxygens (including phenoxy) is 1. The maximum atomic E-state index is 12.2. The first-order chi connectivity index (χ1) is 16.3. The van der Waals surface area contributed by atoms with Crippen LogP contribution in [0, 0.1) is 11.8 Å². The van der Waals surface area contributed by atoms with Gasteiger partial charge in [-0.3, -0.25) is 4.79 Å². The van der Waals surface area contributed by atoms with E-state index in [2.05, 4.69) is 22.1 Å². The molecule has 1 fully saturated rings. The van der Waals surface area contributed by atoms with Crippen LogP contribution in [0.1, 0.15) is 51.4 Å². The minimum absolute atomic E-state index is 0.0536. The monoisotopic (exact) mass is 472 g/mol. The molecule has 0 bridgehead atoms. The Morgan fingerprint density at radius 2 is 2.06 bits per heavy atom. The van der Waals surface area contributed by atoms with Crippen LogP contribution in [0.15, 0.2) is 12.1 Å². The molecule has 2 atom stereocenters. The van der Waals surface area contributed by atoms with E-state index in [-0.39, 0.29) is 24.5 Å². The van der Waals surface area contributed by atoms with Crippen LogP contribution in [0.2, 0.25) is 0 Å². The van der Waals surface area contributed by atoms with Gasteiger partial charge in [0, 0.05) is 33.7 Å². The van der Waals surface area contributed by atoms with Crippen molar-refractivity contribution in [3.8, 4) is 11.4 Å². The summed E-state index contributed by atoms with van der Waals surface area (Å²) in [5.74, 6) is -0.891. The highest BCUT2D eigenvalue weighted by atomic mass is 16.6. The molecule has 1 amide bonds. The number of pyridine rings is 1. The Morgan fingerprint density at radius 3 is 2.71 bits per heavy atom. The molecule has 3 rings (SSSR count). The third kappa shape index (κ3) is 5.48. The van der Waals surface area contributed by atoms with Gasteiger partial charge in [0.25, 0.3) is 0 Å². The van der Waals surface area contributed by atoms with E-state index in [1.807, 2.05) is 26.0 Å². The smallest absolute Gasteiger partial charge is 0.409 e. The van der Waals surface area contributed by atoms with Gasteiger partial charge >= 0.3 is 12.1 Å². The van der Waals surface area contributed by atoms with Crippen molar-refractivity contribution >= 4 is 17.7 Å². The van der Waals surface area contributed by atoms with Crippen molar-refractivity contribution in [2.24, 2.45) is 18.9 Å². The van der Waals surface area contributed by atoms with Crippen LogP contribution in [0.5, 0.6) is 0 Å². The molecule has 1 N–H and O–H groups in total. The lowest BCUT2D eigenvalue weighted by Crippen LogP contribution is -2.28. The highest BCUT2D eigenvalue weighted by Gasteiger charge is 2.33. The summed E-state index contributed by atoms with van der Waals surface area (Å²) in [6, 6.07) is 3.94. The molecule has 0 aromatic carbocycles. The van der Waals surface area contributed by atoms with E-state index in [9.17, 15) is 14.7 Å². The standard InChI is InChI=1S/C24H36N6O4/c1-6-12-28(4)24(33)34-15-21-22(26-27-29(21)5)19-9-10-20(18(8-3)25-19)30-13-11-16(14-30)17(7-2)23(31)32/h9-10,16-17H,6-8,11-15H2,1-5H3,(H,31,32)/t16-,17+/m1/s1. The summed E-state index contributed by atoms with van der Waals surface area (Å²) >= 11 is 0. The number of aromatic nitrogens is 4. The summed E-state index contributed by atoms with van der Waals surface area (Å²) in [6.07, 6.45) is 2.70. The predicted octanol–water partition coefficient (Wildman–Crippen LogP) is 3.36. The van der Waals surface area contributed by atoms with E-state index in [1.165, 1.54) is 0 Å². The molecule has 0 aliphatic carbocycles. The number of hydrogen-bond donors (Lipinski definition) is 1. The molecule has 0 unspecified atom stereocenters. The first kappa shape index (κ1) is 25.5. The second kappa shape index (κ2) is 11.3. The van der Waals surface area contributed by atoms with Crippen molar-refractivity contribution in [3.05, 3.63) is 23.5 Å². The largest absolute Gasteiger partial charge is 0.481 e. The number of hydrogen-bond acceptors (Lipinski definition) is 7. The lowest BCUT2D eigenvalue weighted by atomic mass is 9.89. The van der Waals surface area contributed by atoms with Crippen LogP contribution < -0.4 is 4.90 Å². The Balaban J connectivity index is 1.79. The van der Waals surface area contributed by atoms with E-state index in [0.717, 1.165) is 43.7 Å². The van der Waals surface area contributed by atoms with Gasteiger partial charge in [0.15, 0.2) is 0 Å². The molecule has 0 spiro atoms. The maximum absolute atomic E-state index is 12.2. The van der Waals surface area contributed by atoms with E-state index in [0.29, 0.717) is 30.0 Å². The van der Waals surface area contributed by atoms with E-state index in [1.54, 1.807) is 23.7 Å². The fraction of sp³-hybridized carbons (Fsp3) is 0.625. The molecule has 1 aliphatic rings. The highest BCUT2D eigenvalue weighted by molar-refractivity contribution is 5.71. The molecule has 1 saturated heterocycles. The zero-order valence-corrected chi connectivity index (χ0v) is 20.8. The summed E-state index contributed by atoms with van der Waals surface area (Å²) in [7, 11) is 3.48.